The van der Waals surface area contributed by atoms with Crippen LogP contribution in [0.2, 0.25) is 0 Å². The third-order valence-electron chi connectivity index (χ3n) is 5.69. The molecule has 126 valence electrons. The Morgan fingerprint density at radius 3 is 2.96 bits per heavy atom. The van der Waals surface area contributed by atoms with Crippen molar-refractivity contribution in [3.8, 4) is 0 Å². The number of hydrogen-bond donors (Lipinski definition) is 0. The first-order valence-electron chi connectivity index (χ1n) is 9.15. The van der Waals surface area contributed by atoms with Crippen LogP contribution in [0.1, 0.15) is 37.7 Å². The van der Waals surface area contributed by atoms with Crippen LogP contribution in [0.4, 0.5) is 0 Å². The van der Waals surface area contributed by atoms with Gasteiger partial charge in [0, 0.05) is 44.0 Å². The summed E-state index contributed by atoms with van der Waals surface area (Å²) in [5.41, 5.74) is 1.41. The van der Waals surface area contributed by atoms with Crippen molar-refractivity contribution in [3.05, 3.63) is 30.1 Å². The van der Waals surface area contributed by atoms with E-state index in [0.717, 1.165) is 25.7 Å². The zero-order valence-electron chi connectivity index (χ0n) is 14.0. The number of pyridine rings is 1. The van der Waals surface area contributed by atoms with Crippen LogP contribution in [0.3, 0.4) is 0 Å². The smallest absolute Gasteiger partial charge is 0.0718 e. The molecule has 3 aliphatic rings. The standard InChI is InChI=1S/C19H28N2O2/c1-7-19(15-22-13-17-4-8-20-9-5-17)14-21(12-16-2-3-16)10-6-18(19)23-11-1/h4-5,8-9,16,18H,1-3,6-7,10-15H2/t18-,19-/m0/s1. The Bertz CT molecular complexity index is 505. The first kappa shape index (κ1) is 15.6. The van der Waals surface area contributed by atoms with Crippen LogP contribution < -0.4 is 0 Å². The van der Waals surface area contributed by atoms with Gasteiger partial charge in [-0.3, -0.25) is 4.98 Å². The van der Waals surface area contributed by atoms with Gasteiger partial charge in [0.25, 0.3) is 0 Å². The highest BCUT2D eigenvalue weighted by atomic mass is 16.5. The van der Waals surface area contributed by atoms with Crippen LogP contribution >= 0.6 is 0 Å². The molecule has 4 rings (SSSR count). The van der Waals surface area contributed by atoms with Crippen molar-refractivity contribution in [2.75, 3.05) is 32.8 Å². The molecule has 0 unspecified atom stereocenters. The summed E-state index contributed by atoms with van der Waals surface area (Å²) in [6, 6.07) is 4.07. The monoisotopic (exact) mass is 316 g/mol. The van der Waals surface area contributed by atoms with Crippen LogP contribution in [-0.4, -0.2) is 48.8 Å². The maximum Gasteiger partial charge on any atom is 0.0718 e. The van der Waals surface area contributed by atoms with Gasteiger partial charge in [-0.15, -0.1) is 0 Å². The van der Waals surface area contributed by atoms with Gasteiger partial charge >= 0.3 is 0 Å². The lowest BCUT2D eigenvalue weighted by molar-refractivity contribution is -0.155. The van der Waals surface area contributed by atoms with Crippen molar-refractivity contribution in [1.29, 1.82) is 0 Å². The SMILES string of the molecule is c1cc(COC[C@@]23CCCO[C@H]2CCN(CC2CC2)C3)ccn1. The lowest BCUT2D eigenvalue weighted by atomic mass is 9.73. The van der Waals surface area contributed by atoms with E-state index >= 15 is 0 Å². The normalized spacial score (nSPS) is 31.7. The van der Waals surface area contributed by atoms with E-state index in [1.807, 2.05) is 24.5 Å². The predicted octanol–water partition coefficient (Wildman–Crippen LogP) is 2.88. The number of nitrogens with zero attached hydrogens (tertiary/aromatic N) is 2. The molecule has 4 heteroatoms. The molecule has 2 atom stereocenters. The number of rotatable bonds is 6. The van der Waals surface area contributed by atoms with E-state index in [4.69, 9.17) is 9.47 Å². The molecule has 23 heavy (non-hydrogen) atoms. The van der Waals surface area contributed by atoms with Gasteiger partial charge in [-0.05, 0) is 55.7 Å². The first-order valence-corrected chi connectivity index (χ1v) is 9.15. The number of piperidine rings is 1. The predicted molar refractivity (Wildman–Crippen MR) is 89.1 cm³/mol. The summed E-state index contributed by atoms with van der Waals surface area (Å²) in [6.07, 6.45) is 10.5. The van der Waals surface area contributed by atoms with Crippen LogP contribution in [0.5, 0.6) is 0 Å². The van der Waals surface area contributed by atoms with E-state index in [1.165, 1.54) is 50.8 Å². The van der Waals surface area contributed by atoms with Crippen molar-refractivity contribution >= 4 is 0 Å². The van der Waals surface area contributed by atoms with E-state index in [0.29, 0.717) is 12.7 Å². The highest BCUT2D eigenvalue weighted by molar-refractivity contribution is 5.08. The first-order chi connectivity index (χ1) is 11.3. The van der Waals surface area contributed by atoms with Crippen LogP contribution in [0.15, 0.2) is 24.5 Å². The number of fused-ring (bicyclic) bond motifs is 1. The third-order valence-corrected chi connectivity index (χ3v) is 5.69. The van der Waals surface area contributed by atoms with Crippen molar-refractivity contribution in [2.45, 2.75) is 44.8 Å². The number of ether oxygens (including phenoxy) is 2. The zero-order chi connectivity index (χ0) is 15.5. The van der Waals surface area contributed by atoms with Crippen molar-refractivity contribution < 1.29 is 9.47 Å². The minimum atomic E-state index is 0.207. The average Bonchev–Trinajstić information content (AvgIpc) is 3.39. The Hall–Kier alpha value is -0.970. The summed E-state index contributed by atoms with van der Waals surface area (Å²) in [7, 11) is 0. The van der Waals surface area contributed by atoms with Gasteiger partial charge in [0.05, 0.1) is 19.3 Å². The molecular formula is C19H28N2O2. The summed E-state index contributed by atoms with van der Waals surface area (Å²) in [4.78, 5) is 6.75. The minimum Gasteiger partial charge on any atom is -0.377 e. The van der Waals surface area contributed by atoms with Gasteiger partial charge < -0.3 is 14.4 Å². The van der Waals surface area contributed by atoms with Gasteiger partial charge in [0.1, 0.15) is 0 Å². The Morgan fingerprint density at radius 1 is 1.26 bits per heavy atom. The Labute approximate surface area is 139 Å². The van der Waals surface area contributed by atoms with E-state index in [1.54, 1.807) is 0 Å². The summed E-state index contributed by atoms with van der Waals surface area (Å²) < 4.78 is 12.3. The highest BCUT2D eigenvalue weighted by Crippen LogP contribution is 2.42. The molecule has 1 aromatic heterocycles. The molecule has 0 spiro atoms. The molecule has 1 aliphatic carbocycles. The lowest BCUT2D eigenvalue weighted by Gasteiger charge is -2.50. The number of likely N-dealkylation sites (tertiary alicyclic amines) is 1. The van der Waals surface area contributed by atoms with Gasteiger partial charge in [-0.25, -0.2) is 0 Å². The van der Waals surface area contributed by atoms with Gasteiger partial charge in [-0.1, -0.05) is 0 Å². The third kappa shape index (κ3) is 3.76. The molecule has 0 bridgehead atoms. The molecule has 0 aromatic carbocycles. The lowest BCUT2D eigenvalue weighted by Crippen LogP contribution is -2.57. The highest BCUT2D eigenvalue weighted by Gasteiger charge is 2.46. The minimum absolute atomic E-state index is 0.207. The van der Waals surface area contributed by atoms with E-state index < -0.39 is 0 Å². The Balaban J connectivity index is 1.38. The topological polar surface area (TPSA) is 34.6 Å². The average molecular weight is 316 g/mol. The number of hydrogen-bond acceptors (Lipinski definition) is 4. The second-order valence-corrected chi connectivity index (χ2v) is 7.64. The molecule has 1 saturated carbocycles. The van der Waals surface area contributed by atoms with E-state index in [2.05, 4.69) is 9.88 Å². The molecule has 2 saturated heterocycles. The van der Waals surface area contributed by atoms with Crippen LogP contribution in [0, 0.1) is 11.3 Å². The van der Waals surface area contributed by atoms with Gasteiger partial charge in [0.2, 0.25) is 0 Å². The second kappa shape index (κ2) is 6.88. The molecule has 2 aliphatic heterocycles. The molecule has 4 nitrogen and oxygen atoms in total. The molecule has 1 aromatic rings. The largest absolute Gasteiger partial charge is 0.377 e. The second-order valence-electron chi connectivity index (χ2n) is 7.64. The molecule has 0 radical (unpaired) electrons. The maximum atomic E-state index is 6.15. The fourth-order valence-electron chi connectivity index (χ4n) is 4.27. The van der Waals surface area contributed by atoms with E-state index in [-0.39, 0.29) is 5.41 Å². The maximum absolute atomic E-state index is 6.15. The van der Waals surface area contributed by atoms with Crippen molar-refractivity contribution in [3.63, 3.8) is 0 Å². The van der Waals surface area contributed by atoms with E-state index in [9.17, 15) is 0 Å². The molecule has 3 heterocycles. The van der Waals surface area contributed by atoms with Crippen molar-refractivity contribution in [2.24, 2.45) is 11.3 Å². The van der Waals surface area contributed by atoms with Gasteiger partial charge in [0.15, 0.2) is 0 Å². The molecular weight excluding hydrogens is 288 g/mol. The quantitative estimate of drug-likeness (QED) is 0.808. The van der Waals surface area contributed by atoms with Crippen LogP contribution in [0.25, 0.3) is 0 Å². The molecule has 0 amide bonds. The molecule has 3 fully saturated rings. The van der Waals surface area contributed by atoms with Gasteiger partial charge in [-0.2, -0.15) is 0 Å². The fourth-order valence-corrected chi connectivity index (χ4v) is 4.27. The molecule has 0 N–H and O–H groups in total. The summed E-state index contributed by atoms with van der Waals surface area (Å²) in [5, 5.41) is 0. The summed E-state index contributed by atoms with van der Waals surface area (Å²) in [6.45, 7) is 6.08. The Kier molecular flexibility index (Phi) is 4.65. The Morgan fingerprint density at radius 2 is 2.13 bits per heavy atom. The fraction of sp³-hybridized carbons (Fsp3) is 0.737. The zero-order valence-corrected chi connectivity index (χ0v) is 14.0. The number of aromatic nitrogens is 1. The summed E-state index contributed by atoms with van der Waals surface area (Å²) in [5.74, 6) is 0.964. The van der Waals surface area contributed by atoms with Crippen molar-refractivity contribution in [1.82, 2.24) is 9.88 Å². The van der Waals surface area contributed by atoms with Crippen LogP contribution in [-0.2, 0) is 16.1 Å². The summed E-state index contributed by atoms with van der Waals surface area (Å²) >= 11 is 0.